The number of hydrazine groups is 1. The van der Waals surface area contributed by atoms with Crippen molar-refractivity contribution in [3.8, 4) is 11.5 Å². The Kier molecular flexibility index (Phi) is 5.76. The zero-order chi connectivity index (χ0) is 20.1. The number of hydrogen-bond donors (Lipinski definition) is 1. The molecule has 2 aromatic carbocycles. The molecule has 1 aliphatic rings. The first-order valence-electron chi connectivity index (χ1n) is 9.56. The molecule has 0 spiro atoms. The van der Waals surface area contributed by atoms with Crippen LogP contribution in [0.25, 0.3) is 5.70 Å². The summed E-state index contributed by atoms with van der Waals surface area (Å²) in [5.74, 6) is 7.28. The van der Waals surface area contributed by atoms with E-state index < -0.39 is 0 Å². The molecule has 0 radical (unpaired) electrons. The highest BCUT2D eigenvalue weighted by molar-refractivity contribution is 5.73. The van der Waals surface area contributed by atoms with Crippen molar-refractivity contribution in [2.45, 2.75) is 12.8 Å². The van der Waals surface area contributed by atoms with Gasteiger partial charge in [-0.2, -0.15) is 0 Å². The van der Waals surface area contributed by atoms with Gasteiger partial charge in [0.15, 0.2) is 0 Å². The highest BCUT2D eigenvalue weighted by atomic mass is 19.1. The highest BCUT2D eigenvalue weighted by Crippen LogP contribution is 2.34. The third kappa shape index (κ3) is 4.41. The number of ether oxygens (including phenoxy) is 2. The summed E-state index contributed by atoms with van der Waals surface area (Å²) < 4.78 is 26.6. The zero-order valence-corrected chi connectivity index (χ0v) is 16.0. The number of nitrogens with two attached hydrogens (primary N) is 1. The smallest absolute Gasteiger partial charge is 0.128 e. The van der Waals surface area contributed by atoms with Crippen molar-refractivity contribution in [1.29, 1.82) is 0 Å². The van der Waals surface area contributed by atoms with E-state index in [0.29, 0.717) is 19.0 Å². The van der Waals surface area contributed by atoms with Crippen LogP contribution < -0.4 is 15.3 Å². The third-order valence-electron chi connectivity index (χ3n) is 4.76. The van der Waals surface area contributed by atoms with Gasteiger partial charge in [0, 0.05) is 24.5 Å². The lowest BCUT2D eigenvalue weighted by molar-refractivity contribution is 0.216. The molecule has 0 unspecified atom stereocenters. The van der Waals surface area contributed by atoms with Crippen molar-refractivity contribution < 1.29 is 13.9 Å². The first kappa shape index (κ1) is 19.0. The molecule has 7 heteroatoms. The number of aromatic nitrogens is 2. The van der Waals surface area contributed by atoms with Gasteiger partial charge >= 0.3 is 0 Å². The van der Waals surface area contributed by atoms with Crippen molar-refractivity contribution in [2.24, 2.45) is 5.84 Å². The molecule has 0 amide bonds. The number of nitrogens with zero attached hydrogens (tertiary/aromatic N) is 3. The van der Waals surface area contributed by atoms with E-state index in [-0.39, 0.29) is 5.82 Å². The molecule has 2 N–H and O–H groups in total. The van der Waals surface area contributed by atoms with Gasteiger partial charge in [0.1, 0.15) is 30.5 Å². The van der Waals surface area contributed by atoms with Gasteiger partial charge in [-0.1, -0.05) is 12.1 Å². The zero-order valence-electron chi connectivity index (χ0n) is 16.0. The average molecular weight is 394 g/mol. The van der Waals surface area contributed by atoms with Crippen LogP contribution in [0.2, 0.25) is 0 Å². The molecule has 0 saturated carbocycles. The molecule has 2 heterocycles. The minimum absolute atomic E-state index is 0.288. The number of imidazole rings is 1. The maximum Gasteiger partial charge on any atom is 0.128 e. The van der Waals surface area contributed by atoms with Crippen molar-refractivity contribution in [2.75, 3.05) is 19.8 Å². The molecule has 6 nitrogen and oxygen atoms in total. The summed E-state index contributed by atoms with van der Waals surface area (Å²) in [5.41, 5.74) is 2.97. The quantitative estimate of drug-likeness (QED) is 0.489. The molecular weight excluding hydrogens is 371 g/mol. The minimum atomic E-state index is -0.288. The Labute approximate surface area is 169 Å². The first-order valence-corrected chi connectivity index (χ1v) is 9.56. The molecule has 0 atom stereocenters. The van der Waals surface area contributed by atoms with E-state index in [1.165, 1.54) is 12.1 Å². The standard InChI is InChI=1S/C22H23FN4O2/c23-17-7-9-18(10-8-17)28-14-15-29-21-6-2-1-4-19(21)22(26-13-11-25-16-26)20-5-3-12-27(20)24/h1-2,4,6-11,13,16H,3,5,12,14-15,24H2. The second-order valence-corrected chi connectivity index (χ2v) is 6.71. The Hall–Kier alpha value is -3.32. The Balaban J connectivity index is 1.53. The number of para-hydroxylation sites is 1. The summed E-state index contributed by atoms with van der Waals surface area (Å²) in [6, 6.07) is 13.8. The van der Waals surface area contributed by atoms with Gasteiger partial charge in [0.05, 0.1) is 17.7 Å². The maximum atomic E-state index is 13.0. The Bertz CT molecular complexity index is 971. The number of rotatable bonds is 7. The van der Waals surface area contributed by atoms with Crippen molar-refractivity contribution in [3.05, 3.63) is 84.3 Å². The molecule has 3 aromatic rings. The predicted molar refractivity (Wildman–Crippen MR) is 109 cm³/mol. The first-order chi connectivity index (χ1) is 14.2. The molecule has 150 valence electrons. The van der Waals surface area contributed by atoms with Gasteiger partial charge < -0.3 is 19.0 Å². The number of allylic oxidation sites excluding steroid dienone is 1. The molecular formula is C22H23FN4O2. The van der Waals surface area contributed by atoms with E-state index in [4.69, 9.17) is 15.3 Å². The van der Waals surface area contributed by atoms with Gasteiger partial charge in [-0.3, -0.25) is 0 Å². The molecule has 1 aliphatic heterocycles. The predicted octanol–water partition coefficient (Wildman–Crippen LogP) is 3.67. The second kappa shape index (κ2) is 8.79. The van der Waals surface area contributed by atoms with Gasteiger partial charge in [-0.05, 0) is 49.2 Å². The van der Waals surface area contributed by atoms with Crippen LogP contribution in [0.15, 0.2) is 72.9 Å². The average Bonchev–Trinajstić information content (AvgIpc) is 3.41. The fourth-order valence-electron chi connectivity index (χ4n) is 3.41. The molecule has 0 bridgehead atoms. The molecule has 1 saturated heterocycles. The number of benzene rings is 2. The minimum Gasteiger partial charge on any atom is -0.490 e. The fourth-order valence-corrected chi connectivity index (χ4v) is 3.41. The largest absolute Gasteiger partial charge is 0.490 e. The lowest BCUT2D eigenvalue weighted by Crippen LogP contribution is -2.27. The lowest BCUT2D eigenvalue weighted by atomic mass is 10.1. The van der Waals surface area contributed by atoms with E-state index in [9.17, 15) is 4.39 Å². The van der Waals surface area contributed by atoms with E-state index in [1.807, 2.05) is 35.0 Å². The Morgan fingerprint density at radius 1 is 1.07 bits per heavy atom. The van der Waals surface area contributed by atoms with Crippen molar-refractivity contribution in [3.63, 3.8) is 0 Å². The highest BCUT2D eigenvalue weighted by Gasteiger charge is 2.22. The van der Waals surface area contributed by atoms with E-state index in [2.05, 4.69) is 4.98 Å². The summed E-state index contributed by atoms with van der Waals surface area (Å²) in [6.45, 7) is 1.52. The molecule has 4 rings (SSSR count). The van der Waals surface area contributed by atoms with Crippen LogP contribution in [0.4, 0.5) is 4.39 Å². The Morgan fingerprint density at radius 2 is 1.86 bits per heavy atom. The molecule has 0 aliphatic carbocycles. The van der Waals surface area contributed by atoms with Crippen LogP contribution in [-0.2, 0) is 0 Å². The normalized spacial score (nSPS) is 15.4. The van der Waals surface area contributed by atoms with Gasteiger partial charge in [-0.15, -0.1) is 0 Å². The van der Waals surface area contributed by atoms with Crippen LogP contribution in [0.3, 0.4) is 0 Å². The SMILES string of the molecule is NN1CCCC1=C(c1ccccc1OCCOc1ccc(F)cc1)n1ccnc1. The summed E-state index contributed by atoms with van der Waals surface area (Å²) in [5, 5.41) is 1.80. The van der Waals surface area contributed by atoms with Crippen LogP contribution >= 0.6 is 0 Å². The van der Waals surface area contributed by atoms with E-state index in [1.54, 1.807) is 29.7 Å². The second-order valence-electron chi connectivity index (χ2n) is 6.71. The summed E-state index contributed by atoms with van der Waals surface area (Å²) >= 11 is 0. The molecule has 29 heavy (non-hydrogen) atoms. The summed E-state index contributed by atoms with van der Waals surface area (Å²) in [4.78, 5) is 4.19. The van der Waals surface area contributed by atoms with Gasteiger partial charge in [0.25, 0.3) is 0 Å². The van der Waals surface area contributed by atoms with Crippen LogP contribution in [-0.4, -0.2) is 34.3 Å². The van der Waals surface area contributed by atoms with Crippen LogP contribution in [0.1, 0.15) is 18.4 Å². The van der Waals surface area contributed by atoms with Crippen LogP contribution in [0, 0.1) is 5.82 Å². The van der Waals surface area contributed by atoms with Gasteiger partial charge in [0.2, 0.25) is 0 Å². The molecule has 1 fully saturated rings. The lowest BCUT2D eigenvalue weighted by Gasteiger charge is -2.21. The van der Waals surface area contributed by atoms with E-state index in [0.717, 1.165) is 42.1 Å². The van der Waals surface area contributed by atoms with Crippen LogP contribution in [0.5, 0.6) is 11.5 Å². The number of hydrogen-bond acceptors (Lipinski definition) is 5. The summed E-state index contributed by atoms with van der Waals surface area (Å²) in [6.07, 6.45) is 7.33. The topological polar surface area (TPSA) is 65.5 Å². The summed E-state index contributed by atoms with van der Waals surface area (Å²) in [7, 11) is 0. The maximum absolute atomic E-state index is 13.0. The molecule has 1 aromatic heterocycles. The fraction of sp³-hybridized carbons (Fsp3) is 0.227. The van der Waals surface area contributed by atoms with Crippen molar-refractivity contribution >= 4 is 5.70 Å². The number of halogens is 1. The Morgan fingerprint density at radius 3 is 2.59 bits per heavy atom. The third-order valence-corrected chi connectivity index (χ3v) is 4.76. The monoisotopic (exact) mass is 394 g/mol. The van der Waals surface area contributed by atoms with E-state index >= 15 is 0 Å². The van der Waals surface area contributed by atoms with Crippen molar-refractivity contribution in [1.82, 2.24) is 14.6 Å². The van der Waals surface area contributed by atoms with Gasteiger partial charge in [-0.25, -0.2) is 15.2 Å².